The molecule has 0 atom stereocenters. The molecule has 0 spiro atoms. The largest absolute Gasteiger partial charge is 0.469 e. The van der Waals surface area contributed by atoms with Crippen molar-refractivity contribution >= 4 is 5.69 Å². The molecular formula is C11H14N2O3. The summed E-state index contributed by atoms with van der Waals surface area (Å²) >= 11 is 0. The van der Waals surface area contributed by atoms with Crippen LogP contribution in [0.5, 0.6) is 5.88 Å². The normalized spacial score (nSPS) is 17.0. The molecule has 0 N–H and O–H groups in total. The van der Waals surface area contributed by atoms with Gasteiger partial charge in [-0.1, -0.05) is 6.42 Å². The van der Waals surface area contributed by atoms with Crippen LogP contribution in [0.15, 0.2) is 18.3 Å². The van der Waals surface area contributed by atoms with Gasteiger partial charge in [0.05, 0.1) is 4.92 Å². The number of nitro groups is 1. The van der Waals surface area contributed by atoms with Crippen LogP contribution in [0.1, 0.15) is 32.1 Å². The highest BCUT2D eigenvalue weighted by atomic mass is 16.6. The Hall–Kier alpha value is -1.65. The third-order valence-corrected chi connectivity index (χ3v) is 2.78. The zero-order chi connectivity index (χ0) is 11.4. The average molecular weight is 222 g/mol. The van der Waals surface area contributed by atoms with Gasteiger partial charge in [-0.3, -0.25) is 10.1 Å². The summed E-state index contributed by atoms with van der Waals surface area (Å²) in [5.74, 6) is 0.152. The highest BCUT2D eigenvalue weighted by Crippen LogP contribution is 2.28. The molecule has 1 aliphatic carbocycles. The van der Waals surface area contributed by atoms with Crippen molar-refractivity contribution in [2.75, 3.05) is 0 Å². The van der Waals surface area contributed by atoms with Crippen molar-refractivity contribution in [1.29, 1.82) is 0 Å². The minimum absolute atomic E-state index is 0.0481. The van der Waals surface area contributed by atoms with E-state index in [2.05, 4.69) is 4.98 Å². The molecule has 5 nitrogen and oxygen atoms in total. The zero-order valence-electron chi connectivity index (χ0n) is 8.96. The van der Waals surface area contributed by atoms with Gasteiger partial charge in [0.15, 0.2) is 0 Å². The van der Waals surface area contributed by atoms with E-state index in [1.807, 2.05) is 0 Å². The Labute approximate surface area is 93.6 Å². The van der Waals surface area contributed by atoms with Crippen molar-refractivity contribution in [2.24, 2.45) is 0 Å². The molecule has 1 aromatic heterocycles. The lowest BCUT2D eigenvalue weighted by Crippen LogP contribution is -2.20. The molecule has 0 bridgehead atoms. The molecule has 0 saturated heterocycles. The van der Waals surface area contributed by atoms with Crippen molar-refractivity contribution < 1.29 is 9.66 Å². The minimum atomic E-state index is -0.453. The van der Waals surface area contributed by atoms with Crippen LogP contribution in [0.25, 0.3) is 0 Å². The molecule has 2 rings (SSSR count). The summed E-state index contributed by atoms with van der Waals surface area (Å²) in [7, 11) is 0. The molecule has 1 heterocycles. The molecule has 16 heavy (non-hydrogen) atoms. The van der Waals surface area contributed by atoms with E-state index >= 15 is 0 Å². The summed E-state index contributed by atoms with van der Waals surface area (Å²) in [4.78, 5) is 14.2. The Balaban J connectivity index is 2.10. The molecule has 0 unspecified atom stereocenters. The van der Waals surface area contributed by atoms with Crippen molar-refractivity contribution in [1.82, 2.24) is 4.98 Å². The number of rotatable bonds is 3. The van der Waals surface area contributed by atoms with Gasteiger partial charge < -0.3 is 4.74 Å². The lowest BCUT2D eigenvalue weighted by Gasteiger charge is -2.21. The standard InChI is InChI=1S/C11H14N2O3/c14-13(15)10-7-4-8-12-11(10)16-9-5-2-1-3-6-9/h4,7-9H,1-3,5-6H2. The van der Waals surface area contributed by atoms with E-state index < -0.39 is 4.92 Å². The average Bonchev–Trinajstić information content (AvgIpc) is 2.31. The van der Waals surface area contributed by atoms with Crippen molar-refractivity contribution in [3.8, 4) is 5.88 Å². The fraction of sp³-hybridized carbons (Fsp3) is 0.545. The van der Waals surface area contributed by atoms with Crippen LogP contribution in [0, 0.1) is 10.1 Å². The lowest BCUT2D eigenvalue weighted by atomic mass is 9.98. The Kier molecular flexibility index (Phi) is 3.34. The van der Waals surface area contributed by atoms with Gasteiger partial charge in [0.1, 0.15) is 6.10 Å². The van der Waals surface area contributed by atoms with Crippen LogP contribution >= 0.6 is 0 Å². The topological polar surface area (TPSA) is 65.3 Å². The fourth-order valence-corrected chi connectivity index (χ4v) is 1.95. The molecule has 0 radical (unpaired) electrons. The molecule has 0 aromatic carbocycles. The molecule has 0 aliphatic heterocycles. The molecule has 1 aliphatic rings. The third kappa shape index (κ3) is 2.48. The molecule has 1 saturated carbocycles. The van der Waals surface area contributed by atoms with E-state index in [1.165, 1.54) is 18.7 Å². The highest BCUT2D eigenvalue weighted by molar-refractivity contribution is 5.39. The molecule has 5 heteroatoms. The zero-order valence-corrected chi connectivity index (χ0v) is 8.96. The number of pyridine rings is 1. The molecule has 0 amide bonds. The van der Waals surface area contributed by atoms with Crippen LogP contribution < -0.4 is 4.74 Å². The van der Waals surface area contributed by atoms with Crippen molar-refractivity contribution in [3.05, 3.63) is 28.4 Å². The SMILES string of the molecule is O=[N+]([O-])c1cccnc1OC1CCCCC1. The predicted octanol–water partition coefficient (Wildman–Crippen LogP) is 2.70. The van der Waals surface area contributed by atoms with E-state index in [-0.39, 0.29) is 17.7 Å². The maximum atomic E-state index is 10.7. The van der Waals surface area contributed by atoms with Gasteiger partial charge in [-0.25, -0.2) is 4.98 Å². The summed E-state index contributed by atoms with van der Waals surface area (Å²) in [5, 5.41) is 10.7. The Bertz CT molecular complexity index is 375. The lowest BCUT2D eigenvalue weighted by molar-refractivity contribution is -0.386. The second kappa shape index (κ2) is 4.92. The number of hydrogen-bond donors (Lipinski definition) is 0. The third-order valence-electron chi connectivity index (χ3n) is 2.78. The molecule has 86 valence electrons. The summed E-state index contributed by atoms with van der Waals surface area (Å²) in [6.07, 6.45) is 7.02. The quantitative estimate of drug-likeness (QED) is 0.582. The summed E-state index contributed by atoms with van der Waals surface area (Å²) < 4.78 is 5.59. The first-order valence-electron chi connectivity index (χ1n) is 5.53. The minimum Gasteiger partial charge on any atom is -0.469 e. The highest BCUT2D eigenvalue weighted by Gasteiger charge is 2.21. The molecule has 1 aromatic rings. The van der Waals surface area contributed by atoms with Crippen molar-refractivity contribution in [2.45, 2.75) is 38.2 Å². The monoisotopic (exact) mass is 222 g/mol. The van der Waals surface area contributed by atoms with Crippen LogP contribution in [0.2, 0.25) is 0 Å². The van der Waals surface area contributed by atoms with Crippen LogP contribution in [0.4, 0.5) is 5.69 Å². The first-order valence-corrected chi connectivity index (χ1v) is 5.53. The Morgan fingerprint density at radius 3 is 2.81 bits per heavy atom. The predicted molar refractivity (Wildman–Crippen MR) is 58.4 cm³/mol. The number of hydrogen-bond acceptors (Lipinski definition) is 4. The Morgan fingerprint density at radius 2 is 2.12 bits per heavy atom. The van der Waals surface area contributed by atoms with Gasteiger partial charge in [-0.05, 0) is 31.7 Å². The number of aromatic nitrogens is 1. The second-order valence-electron chi connectivity index (χ2n) is 3.96. The first-order chi connectivity index (χ1) is 7.77. The second-order valence-corrected chi connectivity index (χ2v) is 3.96. The van der Waals surface area contributed by atoms with Gasteiger partial charge in [0.2, 0.25) is 0 Å². The van der Waals surface area contributed by atoms with E-state index in [9.17, 15) is 10.1 Å². The van der Waals surface area contributed by atoms with Gasteiger partial charge in [-0.2, -0.15) is 0 Å². The van der Waals surface area contributed by atoms with E-state index in [0.717, 1.165) is 25.7 Å². The van der Waals surface area contributed by atoms with Gasteiger partial charge in [0, 0.05) is 12.3 Å². The van der Waals surface area contributed by atoms with Gasteiger partial charge >= 0.3 is 5.69 Å². The van der Waals surface area contributed by atoms with Gasteiger partial charge in [-0.15, -0.1) is 0 Å². The van der Waals surface area contributed by atoms with E-state index in [4.69, 9.17) is 4.74 Å². The summed E-state index contributed by atoms with van der Waals surface area (Å²) in [5.41, 5.74) is -0.0481. The number of ether oxygens (including phenoxy) is 1. The molecular weight excluding hydrogens is 208 g/mol. The van der Waals surface area contributed by atoms with Gasteiger partial charge in [0.25, 0.3) is 5.88 Å². The van der Waals surface area contributed by atoms with E-state index in [0.29, 0.717) is 0 Å². The maximum Gasteiger partial charge on any atom is 0.330 e. The smallest absolute Gasteiger partial charge is 0.330 e. The number of nitrogens with zero attached hydrogens (tertiary/aromatic N) is 2. The Morgan fingerprint density at radius 1 is 1.38 bits per heavy atom. The van der Waals surface area contributed by atoms with Crippen LogP contribution in [0.3, 0.4) is 0 Å². The van der Waals surface area contributed by atoms with Crippen LogP contribution in [-0.2, 0) is 0 Å². The summed E-state index contributed by atoms with van der Waals surface area (Å²) in [6.45, 7) is 0. The van der Waals surface area contributed by atoms with E-state index in [1.54, 1.807) is 6.07 Å². The van der Waals surface area contributed by atoms with Crippen molar-refractivity contribution in [3.63, 3.8) is 0 Å². The van der Waals surface area contributed by atoms with Crippen LogP contribution in [-0.4, -0.2) is 16.0 Å². The maximum absolute atomic E-state index is 10.7. The fourth-order valence-electron chi connectivity index (χ4n) is 1.95. The first kappa shape index (κ1) is 10.9. The summed E-state index contributed by atoms with van der Waals surface area (Å²) in [6, 6.07) is 2.97. The molecule has 1 fully saturated rings.